The van der Waals surface area contributed by atoms with Crippen molar-refractivity contribution in [1.29, 1.82) is 0 Å². The highest BCUT2D eigenvalue weighted by Gasteiger charge is 2.26. The van der Waals surface area contributed by atoms with Gasteiger partial charge in [-0.15, -0.1) is 0 Å². The molecule has 1 aliphatic carbocycles. The zero-order valence-electron chi connectivity index (χ0n) is 14.8. The first-order valence-corrected chi connectivity index (χ1v) is 8.53. The van der Waals surface area contributed by atoms with Gasteiger partial charge in [0.15, 0.2) is 0 Å². The second-order valence-electron chi connectivity index (χ2n) is 6.42. The minimum Gasteiger partial charge on any atom is -0.467 e. The lowest BCUT2D eigenvalue weighted by molar-refractivity contribution is -0.384. The molecule has 1 saturated carbocycles. The molecule has 1 aliphatic rings. The van der Waals surface area contributed by atoms with Crippen LogP contribution < -0.4 is 10.6 Å². The first kappa shape index (κ1) is 18.4. The van der Waals surface area contributed by atoms with Gasteiger partial charge in [0.25, 0.3) is 11.6 Å². The van der Waals surface area contributed by atoms with E-state index < -0.39 is 10.8 Å². The third-order valence-electron chi connectivity index (χ3n) is 4.15. The molecule has 0 unspecified atom stereocenters. The van der Waals surface area contributed by atoms with Gasteiger partial charge in [-0.25, -0.2) is 0 Å². The highest BCUT2D eigenvalue weighted by atomic mass is 16.6. The molecular formula is C18H20N4O5. The number of benzene rings is 1. The fourth-order valence-corrected chi connectivity index (χ4v) is 2.55. The molecule has 0 bridgehead atoms. The molecule has 0 atom stereocenters. The van der Waals surface area contributed by atoms with E-state index in [0.717, 1.165) is 12.8 Å². The number of likely N-dealkylation sites (N-methyl/N-ethyl adjacent to an activating group) is 1. The Hall–Kier alpha value is -3.36. The summed E-state index contributed by atoms with van der Waals surface area (Å²) in [5.74, 6) is -0.223. The molecule has 1 aromatic heterocycles. The number of nitrogens with one attached hydrogen (secondary N) is 2. The molecule has 0 radical (unpaired) electrons. The van der Waals surface area contributed by atoms with Crippen LogP contribution in [-0.4, -0.2) is 41.3 Å². The van der Waals surface area contributed by atoms with E-state index >= 15 is 0 Å². The molecule has 2 N–H and O–H groups in total. The normalized spacial score (nSPS) is 13.1. The van der Waals surface area contributed by atoms with E-state index in [1.54, 1.807) is 12.1 Å². The van der Waals surface area contributed by atoms with Crippen molar-refractivity contribution in [1.82, 2.24) is 10.2 Å². The van der Waals surface area contributed by atoms with Crippen molar-refractivity contribution < 1.29 is 18.9 Å². The van der Waals surface area contributed by atoms with Crippen LogP contribution in [0, 0.1) is 10.1 Å². The number of amides is 2. The van der Waals surface area contributed by atoms with Crippen molar-refractivity contribution in [2.24, 2.45) is 0 Å². The summed E-state index contributed by atoms with van der Waals surface area (Å²) in [6, 6.07) is 8.00. The number of hydrogen-bond donors (Lipinski definition) is 2. The number of anilines is 1. The van der Waals surface area contributed by atoms with Crippen LogP contribution in [0.1, 0.15) is 29.0 Å². The number of carbonyl (C=O) groups excluding carboxylic acids is 2. The number of nitro groups is 1. The van der Waals surface area contributed by atoms with Crippen LogP contribution in [0.15, 0.2) is 41.0 Å². The third-order valence-corrected chi connectivity index (χ3v) is 4.15. The van der Waals surface area contributed by atoms with Crippen LogP contribution in [0.5, 0.6) is 0 Å². The van der Waals surface area contributed by atoms with Gasteiger partial charge in [0, 0.05) is 24.7 Å². The van der Waals surface area contributed by atoms with Gasteiger partial charge >= 0.3 is 0 Å². The van der Waals surface area contributed by atoms with E-state index in [1.165, 1.54) is 36.4 Å². The third kappa shape index (κ3) is 4.84. The molecule has 2 amide bonds. The van der Waals surface area contributed by atoms with Crippen molar-refractivity contribution in [3.8, 4) is 0 Å². The summed E-state index contributed by atoms with van der Waals surface area (Å²) >= 11 is 0. The molecule has 2 aromatic rings. The average molecular weight is 372 g/mol. The maximum Gasteiger partial charge on any atom is 0.293 e. The second-order valence-corrected chi connectivity index (χ2v) is 6.42. The van der Waals surface area contributed by atoms with Crippen LogP contribution in [0.3, 0.4) is 0 Å². The highest BCUT2D eigenvalue weighted by Crippen LogP contribution is 2.31. The molecule has 1 aromatic carbocycles. The largest absolute Gasteiger partial charge is 0.467 e. The van der Waals surface area contributed by atoms with Crippen molar-refractivity contribution in [2.75, 3.05) is 18.9 Å². The van der Waals surface area contributed by atoms with E-state index in [4.69, 9.17) is 4.42 Å². The summed E-state index contributed by atoms with van der Waals surface area (Å²) in [4.78, 5) is 36.5. The maximum absolute atomic E-state index is 12.5. The Labute approximate surface area is 155 Å². The van der Waals surface area contributed by atoms with Crippen molar-refractivity contribution in [3.63, 3.8) is 0 Å². The molecule has 3 rings (SSSR count). The predicted molar refractivity (Wildman–Crippen MR) is 97.3 cm³/mol. The number of carbonyl (C=O) groups is 2. The Bertz CT molecular complexity index is 845. The Kier molecular flexibility index (Phi) is 5.39. The molecular weight excluding hydrogens is 352 g/mol. The fraction of sp³-hybridized carbons (Fsp3) is 0.333. The van der Waals surface area contributed by atoms with Crippen LogP contribution in [-0.2, 0) is 11.3 Å². The summed E-state index contributed by atoms with van der Waals surface area (Å²) in [5, 5.41) is 17.0. The lowest BCUT2D eigenvalue weighted by Gasteiger charge is -2.17. The quantitative estimate of drug-likeness (QED) is 0.541. The van der Waals surface area contributed by atoms with Gasteiger partial charge in [-0.05, 0) is 37.1 Å². The summed E-state index contributed by atoms with van der Waals surface area (Å²) in [5.41, 5.74) is 0.408. The lowest BCUT2D eigenvalue weighted by Crippen LogP contribution is -2.38. The first-order chi connectivity index (χ1) is 12.9. The van der Waals surface area contributed by atoms with E-state index in [9.17, 15) is 19.7 Å². The summed E-state index contributed by atoms with van der Waals surface area (Å²) in [6.45, 7) is 0.0519. The molecule has 9 nitrogen and oxygen atoms in total. The number of hydrogen-bond acceptors (Lipinski definition) is 6. The fourth-order valence-electron chi connectivity index (χ4n) is 2.55. The van der Waals surface area contributed by atoms with E-state index in [2.05, 4.69) is 10.6 Å². The van der Waals surface area contributed by atoms with Gasteiger partial charge in [0.05, 0.1) is 24.3 Å². The molecule has 0 spiro atoms. The minimum absolute atomic E-state index is 0.150. The first-order valence-electron chi connectivity index (χ1n) is 8.53. The summed E-state index contributed by atoms with van der Waals surface area (Å²) in [7, 11) is 1.47. The van der Waals surface area contributed by atoms with Gasteiger partial charge in [0.2, 0.25) is 5.91 Å². The van der Waals surface area contributed by atoms with E-state index in [-0.39, 0.29) is 36.3 Å². The molecule has 27 heavy (non-hydrogen) atoms. The topological polar surface area (TPSA) is 118 Å². The van der Waals surface area contributed by atoms with Gasteiger partial charge in [-0.3, -0.25) is 19.7 Å². The molecule has 1 heterocycles. The molecule has 1 fully saturated rings. The maximum atomic E-state index is 12.5. The SMILES string of the molecule is CN(CC(=O)NCc1ccco1)C(=O)c1ccc(NC2CC2)c([N+](=O)[O-])c1. The van der Waals surface area contributed by atoms with Crippen molar-refractivity contribution in [3.05, 3.63) is 58.0 Å². The van der Waals surface area contributed by atoms with Gasteiger partial charge in [-0.2, -0.15) is 0 Å². The zero-order valence-corrected chi connectivity index (χ0v) is 14.8. The van der Waals surface area contributed by atoms with Gasteiger partial charge in [0.1, 0.15) is 11.4 Å². The lowest BCUT2D eigenvalue weighted by atomic mass is 10.1. The number of nitrogens with zero attached hydrogens (tertiary/aromatic N) is 2. The molecule has 0 aliphatic heterocycles. The Balaban J connectivity index is 1.62. The molecule has 142 valence electrons. The second kappa shape index (κ2) is 7.90. The predicted octanol–water partition coefficient (Wildman–Crippen LogP) is 2.15. The van der Waals surface area contributed by atoms with Crippen LogP contribution in [0.2, 0.25) is 0 Å². The minimum atomic E-state index is -0.516. The monoisotopic (exact) mass is 372 g/mol. The van der Waals surface area contributed by atoms with Crippen molar-refractivity contribution in [2.45, 2.75) is 25.4 Å². The van der Waals surface area contributed by atoms with Crippen LogP contribution in [0.4, 0.5) is 11.4 Å². The van der Waals surface area contributed by atoms with E-state index in [1.807, 2.05) is 0 Å². The summed E-state index contributed by atoms with van der Waals surface area (Å²) < 4.78 is 5.12. The molecule has 0 saturated heterocycles. The van der Waals surface area contributed by atoms with Crippen LogP contribution >= 0.6 is 0 Å². The van der Waals surface area contributed by atoms with Gasteiger partial charge < -0.3 is 20.0 Å². The Morgan fingerprint density at radius 3 is 2.74 bits per heavy atom. The zero-order chi connectivity index (χ0) is 19.4. The number of rotatable bonds is 8. The average Bonchev–Trinajstić information content (AvgIpc) is 3.30. The van der Waals surface area contributed by atoms with E-state index in [0.29, 0.717) is 11.4 Å². The Morgan fingerprint density at radius 1 is 1.33 bits per heavy atom. The van der Waals surface area contributed by atoms with Crippen molar-refractivity contribution >= 4 is 23.2 Å². The number of furan rings is 1. The molecule has 9 heteroatoms. The van der Waals surface area contributed by atoms with Gasteiger partial charge in [-0.1, -0.05) is 0 Å². The highest BCUT2D eigenvalue weighted by molar-refractivity contribution is 5.97. The Morgan fingerprint density at radius 2 is 2.11 bits per heavy atom. The standard InChI is InChI=1S/C18H20N4O5/c1-21(11-17(23)19-10-14-3-2-8-27-14)18(24)12-4-7-15(20-13-5-6-13)16(9-12)22(25)26/h2-4,7-9,13,20H,5-6,10-11H2,1H3,(H,19,23). The smallest absolute Gasteiger partial charge is 0.293 e. The van der Waals surface area contributed by atoms with Crippen LogP contribution in [0.25, 0.3) is 0 Å². The summed E-state index contributed by atoms with van der Waals surface area (Å²) in [6.07, 6.45) is 3.47. The number of nitro benzene ring substituents is 1.